The third-order valence-corrected chi connectivity index (χ3v) is 6.19. The molecule has 0 spiro atoms. The number of aliphatic imine (C=N–C) groups is 2. The van der Waals surface area contributed by atoms with Crippen molar-refractivity contribution in [1.29, 1.82) is 0 Å². The van der Waals surface area contributed by atoms with Crippen molar-refractivity contribution in [1.82, 2.24) is 14.4 Å². The van der Waals surface area contributed by atoms with E-state index < -0.39 is 0 Å². The highest BCUT2D eigenvalue weighted by Gasteiger charge is 2.43. The maximum absolute atomic E-state index is 5.48. The SMILES string of the molecule is COc1cc(OC)cc([N+]23C=CN=CC2=NC(Nc2ccc4cnn(Cc5ccccc5)c4c2)=N3)c1. The molecule has 0 fully saturated rings. The first kappa shape index (κ1) is 21.8. The van der Waals surface area contributed by atoms with Gasteiger partial charge in [0.15, 0.2) is 11.9 Å². The van der Waals surface area contributed by atoms with Gasteiger partial charge in [0.2, 0.25) is 0 Å². The van der Waals surface area contributed by atoms with Crippen LogP contribution >= 0.6 is 0 Å². The molecule has 9 heteroatoms. The Morgan fingerprint density at radius 1 is 0.944 bits per heavy atom. The lowest BCUT2D eigenvalue weighted by molar-refractivity contribution is 0.392. The second kappa shape index (κ2) is 8.79. The smallest absolute Gasteiger partial charge is 0.287 e. The lowest BCUT2D eigenvalue weighted by Gasteiger charge is -2.24. The molecule has 1 unspecified atom stereocenters. The van der Waals surface area contributed by atoms with E-state index >= 15 is 0 Å². The number of hydrogen-bond donors (Lipinski definition) is 1. The number of hydrogen-bond acceptors (Lipinski definition) is 7. The minimum absolute atomic E-state index is 0.0214. The average molecular weight is 479 g/mol. The molecule has 2 aliphatic rings. The van der Waals surface area contributed by atoms with E-state index in [1.807, 2.05) is 65.6 Å². The fraction of sp³-hybridized carbons (Fsp3) is 0.111. The first-order chi connectivity index (χ1) is 17.7. The summed E-state index contributed by atoms with van der Waals surface area (Å²) in [6, 6.07) is 22.1. The van der Waals surface area contributed by atoms with E-state index in [1.54, 1.807) is 26.6 Å². The van der Waals surface area contributed by atoms with Crippen molar-refractivity contribution in [2.75, 3.05) is 19.5 Å². The highest BCUT2D eigenvalue weighted by molar-refractivity contribution is 6.38. The molecule has 0 saturated carbocycles. The topological polar surface area (TPSA) is 85.4 Å². The standard InChI is InChI=1S/C27H24N7O2/c1-35-23-13-22(14-24(15-23)36-2)34-11-10-28-17-26(34)31-27(32-34)30-21-9-8-20-16-29-33(25(20)12-21)18-19-6-4-3-5-7-19/h3-17H,18H2,1-2H3,(H,30,32)/q+1. The first-order valence-corrected chi connectivity index (χ1v) is 11.5. The highest BCUT2D eigenvalue weighted by atomic mass is 16.5. The Bertz CT molecular complexity index is 1550. The van der Waals surface area contributed by atoms with E-state index in [1.165, 1.54) is 5.56 Å². The van der Waals surface area contributed by atoms with E-state index in [0.29, 0.717) is 29.8 Å². The Balaban J connectivity index is 1.35. The molecule has 36 heavy (non-hydrogen) atoms. The number of nitrogens with one attached hydrogen (secondary N) is 1. The Morgan fingerprint density at radius 2 is 1.75 bits per heavy atom. The third-order valence-electron chi connectivity index (χ3n) is 6.19. The Kier molecular flexibility index (Phi) is 5.31. The number of fused-ring (bicyclic) bond motifs is 2. The largest absolute Gasteiger partial charge is 0.496 e. The summed E-state index contributed by atoms with van der Waals surface area (Å²) in [5.41, 5.74) is 3.90. The fourth-order valence-corrected chi connectivity index (χ4v) is 4.36. The van der Waals surface area contributed by atoms with Crippen LogP contribution in [0.25, 0.3) is 10.9 Å². The van der Waals surface area contributed by atoms with E-state index in [-0.39, 0.29) is 4.59 Å². The van der Waals surface area contributed by atoms with E-state index in [4.69, 9.17) is 19.6 Å². The number of quaternary nitrogens is 1. The van der Waals surface area contributed by atoms with Crippen molar-refractivity contribution < 1.29 is 9.47 Å². The van der Waals surface area contributed by atoms with Crippen LogP contribution in [0.5, 0.6) is 11.5 Å². The molecule has 1 N–H and O–H groups in total. The van der Waals surface area contributed by atoms with Gasteiger partial charge in [-0.15, -0.1) is 0 Å². The molecule has 2 aliphatic heterocycles. The van der Waals surface area contributed by atoms with Crippen LogP contribution in [0, 0.1) is 0 Å². The van der Waals surface area contributed by atoms with Crippen molar-refractivity contribution in [2.45, 2.75) is 6.54 Å². The van der Waals surface area contributed by atoms with Crippen molar-refractivity contribution in [3.8, 4) is 11.5 Å². The normalized spacial score (nSPS) is 18.1. The number of ether oxygens (including phenoxy) is 2. The lowest BCUT2D eigenvalue weighted by atomic mass is 10.2. The van der Waals surface area contributed by atoms with Crippen LogP contribution in [0.4, 0.5) is 11.4 Å². The zero-order chi connectivity index (χ0) is 24.5. The van der Waals surface area contributed by atoms with Gasteiger partial charge in [-0.1, -0.05) is 34.9 Å². The number of anilines is 1. The molecule has 1 atom stereocenters. The van der Waals surface area contributed by atoms with Crippen molar-refractivity contribution in [3.63, 3.8) is 0 Å². The first-order valence-electron chi connectivity index (χ1n) is 11.5. The summed E-state index contributed by atoms with van der Waals surface area (Å²) in [4.78, 5) is 9.02. The van der Waals surface area contributed by atoms with Gasteiger partial charge in [-0.3, -0.25) is 9.67 Å². The number of aromatic nitrogens is 2. The average Bonchev–Trinajstić information content (AvgIpc) is 3.50. The molecule has 4 aromatic rings. The van der Waals surface area contributed by atoms with E-state index in [9.17, 15) is 0 Å². The summed E-state index contributed by atoms with van der Waals surface area (Å²) in [6.07, 6.45) is 7.18. The maximum atomic E-state index is 5.48. The summed E-state index contributed by atoms with van der Waals surface area (Å²) >= 11 is 0. The Morgan fingerprint density at radius 3 is 2.53 bits per heavy atom. The number of guanidine groups is 1. The predicted molar refractivity (Wildman–Crippen MR) is 143 cm³/mol. The number of nitrogens with zero attached hydrogens (tertiary/aromatic N) is 6. The van der Waals surface area contributed by atoms with Crippen molar-refractivity contribution in [3.05, 3.63) is 90.9 Å². The Labute approximate surface area is 207 Å². The van der Waals surface area contributed by atoms with Gasteiger partial charge in [0.25, 0.3) is 11.8 Å². The van der Waals surface area contributed by atoms with Gasteiger partial charge >= 0.3 is 0 Å². The van der Waals surface area contributed by atoms with Gasteiger partial charge in [-0.05, 0) is 28.9 Å². The predicted octanol–water partition coefficient (Wildman–Crippen LogP) is 4.76. The molecule has 3 heterocycles. The van der Waals surface area contributed by atoms with Crippen LogP contribution in [0.15, 0.2) is 100 Å². The summed E-state index contributed by atoms with van der Waals surface area (Å²) in [5.74, 6) is 2.46. The lowest BCUT2D eigenvalue weighted by Crippen LogP contribution is -2.44. The highest BCUT2D eigenvalue weighted by Crippen LogP contribution is 2.37. The molecule has 0 radical (unpaired) electrons. The molecular weight excluding hydrogens is 454 g/mol. The number of methoxy groups -OCH3 is 2. The molecule has 0 aliphatic carbocycles. The van der Waals surface area contributed by atoms with Crippen LogP contribution < -0.4 is 19.4 Å². The molecule has 6 rings (SSSR count). The molecular formula is C27H24N7O2+. The minimum Gasteiger partial charge on any atom is -0.496 e. The van der Waals surface area contributed by atoms with Gasteiger partial charge in [-0.2, -0.15) is 10.1 Å². The summed E-state index contributed by atoms with van der Waals surface area (Å²) < 4.78 is 13.0. The zero-order valence-electron chi connectivity index (χ0n) is 19.9. The number of amidine groups is 1. The third kappa shape index (κ3) is 3.81. The van der Waals surface area contributed by atoms with Crippen LogP contribution in [0.2, 0.25) is 0 Å². The monoisotopic (exact) mass is 478 g/mol. The molecule has 1 aromatic heterocycles. The van der Waals surface area contributed by atoms with Crippen LogP contribution in [0.3, 0.4) is 0 Å². The van der Waals surface area contributed by atoms with Gasteiger partial charge in [0.05, 0.1) is 38.7 Å². The van der Waals surface area contributed by atoms with E-state index in [0.717, 1.165) is 22.3 Å². The quantitative estimate of drug-likeness (QED) is 0.405. The molecule has 178 valence electrons. The molecule has 0 amide bonds. The second-order valence-corrected chi connectivity index (χ2v) is 8.41. The molecule has 9 nitrogen and oxygen atoms in total. The molecule has 0 saturated heterocycles. The van der Waals surface area contributed by atoms with Crippen molar-refractivity contribution >= 4 is 40.3 Å². The number of rotatable bonds is 6. The fourth-order valence-electron chi connectivity index (χ4n) is 4.36. The minimum atomic E-state index is 0.0214. The van der Waals surface area contributed by atoms with Crippen LogP contribution in [-0.4, -0.2) is 42.0 Å². The second-order valence-electron chi connectivity index (χ2n) is 8.41. The maximum Gasteiger partial charge on any atom is 0.287 e. The summed E-state index contributed by atoms with van der Waals surface area (Å²) in [6.45, 7) is 0.690. The van der Waals surface area contributed by atoms with Gasteiger partial charge in [-0.25, -0.2) is 0 Å². The molecule has 0 bridgehead atoms. The van der Waals surface area contributed by atoms with Crippen molar-refractivity contribution in [2.24, 2.45) is 15.1 Å². The molecule has 3 aromatic carbocycles. The van der Waals surface area contributed by atoms with Crippen LogP contribution in [0.1, 0.15) is 5.56 Å². The van der Waals surface area contributed by atoms with Gasteiger partial charge < -0.3 is 14.8 Å². The van der Waals surface area contributed by atoms with Crippen LogP contribution in [-0.2, 0) is 6.54 Å². The zero-order valence-corrected chi connectivity index (χ0v) is 19.9. The summed E-state index contributed by atoms with van der Waals surface area (Å²) in [7, 11) is 3.25. The van der Waals surface area contributed by atoms with Gasteiger partial charge in [0.1, 0.15) is 17.7 Å². The Hall–Kier alpha value is -4.76. The summed E-state index contributed by atoms with van der Waals surface area (Å²) in [5, 5.41) is 14.0. The van der Waals surface area contributed by atoms with E-state index in [2.05, 4.69) is 33.6 Å². The van der Waals surface area contributed by atoms with Gasteiger partial charge in [0, 0.05) is 29.3 Å². The number of benzene rings is 3.